The topological polar surface area (TPSA) is 116 Å². The lowest BCUT2D eigenvalue weighted by atomic mass is 9.84. The Morgan fingerprint density at radius 3 is 2.21 bits per heavy atom. The van der Waals surface area contributed by atoms with E-state index in [9.17, 15) is 24.0 Å². The number of hydrogen-bond acceptors (Lipinski definition) is 8. The van der Waals surface area contributed by atoms with Crippen molar-refractivity contribution < 1.29 is 38.2 Å². The van der Waals surface area contributed by atoms with E-state index >= 15 is 0 Å². The third kappa shape index (κ3) is 3.32. The summed E-state index contributed by atoms with van der Waals surface area (Å²) in [7, 11) is 0. The van der Waals surface area contributed by atoms with Gasteiger partial charge in [0.15, 0.2) is 5.41 Å². The number of nitrogens with zero attached hydrogens (tertiary/aromatic N) is 1. The van der Waals surface area contributed by atoms with Crippen LogP contribution in [0.4, 0.5) is 10.5 Å². The molecule has 10 heteroatoms. The molecule has 1 fully saturated rings. The summed E-state index contributed by atoms with van der Waals surface area (Å²) in [6, 6.07) is 4.23. The Morgan fingerprint density at radius 2 is 1.70 bits per heavy atom. The van der Waals surface area contributed by atoms with Gasteiger partial charge in [-0.3, -0.25) is 19.2 Å². The first-order valence-electron chi connectivity index (χ1n) is 10.5. The third-order valence-electron chi connectivity index (χ3n) is 5.82. The standard InChI is InChI=1S/C23H26ClNO8/c1-7-31-17(27)16-22(12(3)26,19(29)32-8-2)23(16)14-11-13(24)9-10-15(14)25(18(23)28)20(30)33-21(4,5)6/h9-11,16H,7-8H2,1-6H3/t16-,22+,23+/m1/s1. The first-order chi connectivity index (χ1) is 15.3. The number of esters is 2. The molecular weight excluding hydrogens is 454 g/mol. The van der Waals surface area contributed by atoms with Crippen molar-refractivity contribution in [2.45, 2.75) is 52.6 Å². The molecule has 9 nitrogen and oxygen atoms in total. The zero-order chi connectivity index (χ0) is 24.9. The Hall–Kier alpha value is -2.94. The second-order valence-corrected chi connectivity index (χ2v) is 9.30. The summed E-state index contributed by atoms with van der Waals surface area (Å²) >= 11 is 6.20. The molecule has 1 spiro atoms. The van der Waals surface area contributed by atoms with Gasteiger partial charge in [-0.2, -0.15) is 0 Å². The van der Waals surface area contributed by atoms with E-state index in [4.69, 9.17) is 25.8 Å². The van der Waals surface area contributed by atoms with Crippen molar-refractivity contribution in [2.75, 3.05) is 18.1 Å². The van der Waals surface area contributed by atoms with Crippen LogP contribution in [0.25, 0.3) is 0 Å². The van der Waals surface area contributed by atoms with Gasteiger partial charge in [-0.25, -0.2) is 9.69 Å². The van der Waals surface area contributed by atoms with Crippen LogP contribution in [-0.4, -0.2) is 48.5 Å². The minimum atomic E-state index is -2.21. The normalized spacial score (nSPS) is 25.5. The molecule has 0 saturated heterocycles. The van der Waals surface area contributed by atoms with Gasteiger partial charge < -0.3 is 14.2 Å². The van der Waals surface area contributed by atoms with Gasteiger partial charge in [0.05, 0.1) is 18.9 Å². The van der Waals surface area contributed by atoms with Gasteiger partial charge in [0.25, 0.3) is 0 Å². The number of imide groups is 1. The molecular formula is C23H26ClNO8. The molecule has 2 aliphatic rings. The Bertz CT molecular complexity index is 1060. The molecule has 1 aliphatic heterocycles. The van der Waals surface area contributed by atoms with Crippen molar-refractivity contribution in [3.63, 3.8) is 0 Å². The van der Waals surface area contributed by atoms with Crippen LogP contribution in [-0.2, 0) is 38.8 Å². The second kappa shape index (κ2) is 8.13. The van der Waals surface area contributed by atoms with Crippen LogP contribution >= 0.6 is 11.6 Å². The fourth-order valence-electron chi connectivity index (χ4n) is 4.77. The van der Waals surface area contributed by atoms with Crippen molar-refractivity contribution in [1.82, 2.24) is 0 Å². The van der Waals surface area contributed by atoms with E-state index in [0.717, 1.165) is 11.8 Å². The maximum atomic E-state index is 13.9. The molecule has 33 heavy (non-hydrogen) atoms. The number of ether oxygens (including phenoxy) is 3. The molecule has 3 rings (SSSR count). The SMILES string of the molecule is CCOC(=O)[C@@H]1[C@@](C(C)=O)(C(=O)OCC)[C@]12C(=O)N(C(=O)OC(C)(C)C)c1ccc(Cl)cc12. The number of ketones is 1. The molecule has 1 aromatic carbocycles. The number of rotatable bonds is 5. The van der Waals surface area contributed by atoms with Gasteiger partial charge in [-0.15, -0.1) is 0 Å². The van der Waals surface area contributed by atoms with Crippen LogP contribution in [0.2, 0.25) is 5.02 Å². The molecule has 0 radical (unpaired) electrons. The Morgan fingerprint density at radius 1 is 1.09 bits per heavy atom. The summed E-state index contributed by atoms with van der Waals surface area (Å²) in [6.07, 6.45) is -1.01. The Kier molecular flexibility index (Phi) is 6.08. The Labute approximate surface area is 196 Å². The minimum absolute atomic E-state index is 0.0470. The Balaban J connectivity index is 2.32. The van der Waals surface area contributed by atoms with E-state index in [1.165, 1.54) is 25.1 Å². The maximum absolute atomic E-state index is 13.9. The van der Waals surface area contributed by atoms with Gasteiger partial charge in [-0.05, 0) is 65.3 Å². The lowest BCUT2D eigenvalue weighted by Crippen LogP contribution is -2.45. The predicted molar refractivity (Wildman–Crippen MR) is 117 cm³/mol. The van der Waals surface area contributed by atoms with Crippen molar-refractivity contribution in [2.24, 2.45) is 11.3 Å². The van der Waals surface area contributed by atoms with Gasteiger partial charge in [0, 0.05) is 5.02 Å². The quantitative estimate of drug-likeness (QED) is 0.359. The van der Waals surface area contributed by atoms with Crippen LogP contribution in [0.5, 0.6) is 0 Å². The summed E-state index contributed by atoms with van der Waals surface area (Å²) in [5.74, 6) is -5.20. The van der Waals surface area contributed by atoms with Crippen LogP contribution < -0.4 is 4.90 Å². The van der Waals surface area contributed by atoms with E-state index in [2.05, 4.69) is 0 Å². The zero-order valence-corrected chi connectivity index (χ0v) is 20.1. The highest BCUT2D eigenvalue weighted by Crippen LogP contribution is 2.75. The van der Waals surface area contributed by atoms with Crippen molar-refractivity contribution in [3.8, 4) is 0 Å². The fraction of sp³-hybridized carbons (Fsp3) is 0.522. The number of halogens is 1. The lowest BCUT2D eigenvalue weighted by Gasteiger charge is -2.24. The molecule has 3 atom stereocenters. The molecule has 0 N–H and O–H groups in total. The average molecular weight is 480 g/mol. The van der Waals surface area contributed by atoms with Crippen LogP contribution in [0.1, 0.15) is 47.1 Å². The molecule has 0 aromatic heterocycles. The second-order valence-electron chi connectivity index (χ2n) is 8.86. The zero-order valence-electron chi connectivity index (χ0n) is 19.3. The predicted octanol–water partition coefficient (Wildman–Crippen LogP) is 3.19. The van der Waals surface area contributed by atoms with Crippen LogP contribution in [0.15, 0.2) is 18.2 Å². The number of Topliss-reactive ketones (excluding diaryl/α,β-unsaturated/α-hetero) is 1. The number of amides is 2. The molecule has 0 bridgehead atoms. The lowest BCUT2D eigenvalue weighted by molar-refractivity contribution is -0.159. The smallest absolute Gasteiger partial charge is 0.421 e. The molecule has 2 amide bonds. The fourth-order valence-corrected chi connectivity index (χ4v) is 4.94. The molecule has 1 heterocycles. The largest absolute Gasteiger partial charge is 0.466 e. The van der Waals surface area contributed by atoms with Gasteiger partial charge in [-0.1, -0.05) is 11.6 Å². The molecule has 178 valence electrons. The molecule has 1 saturated carbocycles. The third-order valence-corrected chi connectivity index (χ3v) is 6.06. The highest BCUT2D eigenvalue weighted by atomic mass is 35.5. The van der Waals surface area contributed by atoms with E-state index in [1.54, 1.807) is 27.7 Å². The van der Waals surface area contributed by atoms with E-state index < -0.39 is 52.1 Å². The van der Waals surface area contributed by atoms with Crippen molar-refractivity contribution >= 4 is 47.0 Å². The summed E-state index contributed by atoms with van der Waals surface area (Å²) < 4.78 is 15.7. The summed E-state index contributed by atoms with van der Waals surface area (Å²) in [4.78, 5) is 67.0. The number of carbonyl (C=O) groups is 5. The van der Waals surface area contributed by atoms with E-state index in [1.807, 2.05) is 0 Å². The van der Waals surface area contributed by atoms with Crippen LogP contribution in [0.3, 0.4) is 0 Å². The number of hydrogen-bond donors (Lipinski definition) is 0. The maximum Gasteiger partial charge on any atom is 0.421 e. The summed E-state index contributed by atoms with van der Waals surface area (Å²) in [5.41, 5.74) is -5.04. The monoisotopic (exact) mass is 479 g/mol. The minimum Gasteiger partial charge on any atom is -0.466 e. The first-order valence-corrected chi connectivity index (χ1v) is 10.9. The molecule has 0 unspecified atom stereocenters. The summed E-state index contributed by atoms with van der Waals surface area (Å²) in [5, 5.41) is 0.183. The summed E-state index contributed by atoms with van der Waals surface area (Å²) in [6.45, 7) is 8.94. The number of benzene rings is 1. The van der Waals surface area contributed by atoms with E-state index in [0.29, 0.717) is 0 Å². The van der Waals surface area contributed by atoms with E-state index in [-0.39, 0.29) is 29.5 Å². The highest BCUT2D eigenvalue weighted by molar-refractivity contribution is 6.34. The molecule has 1 aliphatic carbocycles. The number of anilines is 1. The molecule has 1 aromatic rings. The van der Waals surface area contributed by atoms with Gasteiger partial charge in [0.1, 0.15) is 22.7 Å². The number of fused-ring (bicyclic) bond motifs is 2. The highest BCUT2D eigenvalue weighted by Gasteiger charge is 2.93. The van der Waals surface area contributed by atoms with Gasteiger partial charge >= 0.3 is 18.0 Å². The van der Waals surface area contributed by atoms with Gasteiger partial charge in [0.2, 0.25) is 5.91 Å². The first kappa shape index (κ1) is 24.7. The van der Waals surface area contributed by atoms with Crippen LogP contribution in [0, 0.1) is 11.3 Å². The van der Waals surface area contributed by atoms with Crippen molar-refractivity contribution in [3.05, 3.63) is 28.8 Å². The average Bonchev–Trinajstić information content (AvgIpc) is 3.27. The van der Waals surface area contributed by atoms with Crippen molar-refractivity contribution in [1.29, 1.82) is 0 Å². The number of carbonyl (C=O) groups excluding carboxylic acids is 5.